The lowest BCUT2D eigenvalue weighted by Crippen LogP contribution is -2.10. The third-order valence-corrected chi connectivity index (χ3v) is 9.03. The summed E-state index contributed by atoms with van der Waals surface area (Å²) in [5.41, 5.74) is 9.61. The smallest absolute Gasteiger partial charge is 0.160 e. The average Bonchev–Trinajstić information content (AvgIpc) is 3.52. The van der Waals surface area contributed by atoms with E-state index >= 15 is 0 Å². The van der Waals surface area contributed by atoms with Crippen molar-refractivity contribution in [1.82, 2.24) is 0 Å². The molecular formula is C44H29NO. The lowest BCUT2D eigenvalue weighted by atomic mass is 9.96. The first-order valence-electron chi connectivity index (χ1n) is 15.7. The Morgan fingerprint density at radius 1 is 0.391 bits per heavy atom. The predicted molar refractivity (Wildman–Crippen MR) is 194 cm³/mol. The van der Waals surface area contributed by atoms with Crippen LogP contribution in [0.1, 0.15) is 0 Å². The largest absolute Gasteiger partial charge is 0.454 e. The van der Waals surface area contributed by atoms with Crippen LogP contribution >= 0.6 is 0 Å². The second-order valence-electron chi connectivity index (χ2n) is 11.8. The van der Waals surface area contributed by atoms with Crippen molar-refractivity contribution in [2.75, 3.05) is 4.90 Å². The van der Waals surface area contributed by atoms with Gasteiger partial charge in [0.1, 0.15) is 5.58 Å². The molecule has 46 heavy (non-hydrogen) atoms. The fourth-order valence-electron chi connectivity index (χ4n) is 6.76. The molecule has 0 radical (unpaired) electrons. The number of fused-ring (bicyclic) bond motifs is 5. The molecule has 0 aliphatic carbocycles. The first kappa shape index (κ1) is 26.3. The number of hydrogen-bond acceptors (Lipinski definition) is 2. The first-order valence-corrected chi connectivity index (χ1v) is 15.7. The number of para-hydroxylation sites is 2. The SMILES string of the molecule is c1ccc(N(c2ccc(-c3ccc4ccccc4c3)cc2)c2ccc(-c3ccc4ccccc4c3)c3c2oc2ccccc23)cc1. The van der Waals surface area contributed by atoms with Crippen LogP contribution in [0.15, 0.2) is 180 Å². The number of furan rings is 1. The lowest BCUT2D eigenvalue weighted by Gasteiger charge is -2.26. The van der Waals surface area contributed by atoms with Gasteiger partial charge in [0.05, 0.1) is 5.69 Å². The van der Waals surface area contributed by atoms with Crippen LogP contribution < -0.4 is 4.90 Å². The van der Waals surface area contributed by atoms with E-state index in [-0.39, 0.29) is 0 Å². The Kier molecular flexibility index (Phi) is 6.17. The highest BCUT2D eigenvalue weighted by Crippen LogP contribution is 2.46. The second kappa shape index (κ2) is 10.8. The van der Waals surface area contributed by atoms with E-state index < -0.39 is 0 Å². The van der Waals surface area contributed by atoms with Gasteiger partial charge in [-0.15, -0.1) is 0 Å². The van der Waals surface area contributed by atoms with E-state index in [4.69, 9.17) is 4.42 Å². The summed E-state index contributed by atoms with van der Waals surface area (Å²) in [6.45, 7) is 0. The lowest BCUT2D eigenvalue weighted by molar-refractivity contribution is 0.669. The highest BCUT2D eigenvalue weighted by molar-refractivity contribution is 6.17. The summed E-state index contributed by atoms with van der Waals surface area (Å²) in [4.78, 5) is 2.30. The molecule has 9 aromatic rings. The summed E-state index contributed by atoms with van der Waals surface area (Å²) in [5, 5.41) is 7.19. The third-order valence-electron chi connectivity index (χ3n) is 9.03. The van der Waals surface area contributed by atoms with E-state index in [1.807, 2.05) is 6.07 Å². The molecule has 0 atom stereocenters. The van der Waals surface area contributed by atoms with Crippen molar-refractivity contribution >= 4 is 60.5 Å². The van der Waals surface area contributed by atoms with E-state index in [1.165, 1.54) is 38.2 Å². The van der Waals surface area contributed by atoms with E-state index in [1.54, 1.807) is 0 Å². The van der Waals surface area contributed by atoms with Gasteiger partial charge in [0, 0.05) is 22.1 Å². The van der Waals surface area contributed by atoms with Gasteiger partial charge in [0.15, 0.2) is 5.58 Å². The Labute approximate surface area is 267 Å². The Hall–Kier alpha value is -6.12. The minimum absolute atomic E-state index is 0.870. The first-order chi connectivity index (χ1) is 22.8. The van der Waals surface area contributed by atoms with E-state index in [2.05, 4.69) is 175 Å². The number of anilines is 3. The molecule has 8 aromatic carbocycles. The van der Waals surface area contributed by atoms with E-state index in [9.17, 15) is 0 Å². The molecule has 0 fully saturated rings. The molecule has 2 nitrogen and oxygen atoms in total. The van der Waals surface area contributed by atoms with Gasteiger partial charge in [0.2, 0.25) is 0 Å². The van der Waals surface area contributed by atoms with Gasteiger partial charge in [-0.05, 0) is 92.3 Å². The molecular weight excluding hydrogens is 558 g/mol. The van der Waals surface area contributed by atoms with Crippen molar-refractivity contribution in [3.05, 3.63) is 176 Å². The zero-order chi connectivity index (χ0) is 30.5. The average molecular weight is 588 g/mol. The Morgan fingerprint density at radius 2 is 0.957 bits per heavy atom. The molecule has 0 N–H and O–H groups in total. The van der Waals surface area contributed by atoms with Crippen LogP contribution in [0.3, 0.4) is 0 Å². The summed E-state index contributed by atoms with van der Waals surface area (Å²) in [6, 6.07) is 62.6. The molecule has 1 aromatic heterocycles. The van der Waals surface area contributed by atoms with Gasteiger partial charge in [-0.1, -0.05) is 127 Å². The van der Waals surface area contributed by atoms with Crippen LogP contribution in [0, 0.1) is 0 Å². The van der Waals surface area contributed by atoms with Crippen LogP contribution in [0.5, 0.6) is 0 Å². The summed E-state index contributed by atoms with van der Waals surface area (Å²) in [7, 11) is 0. The molecule has 0 aliphatic heterocycles. The molecule has 0 unspecified atom stereocenters. The maximum atomic E-state index is 6.75. The molecule has 2 heteroatoms. The minimum Gasteiger partial charge on any atom is -0.454 e. The maximum Gasteiger partial charge on any atom is 0.160 e. The fourth-order valence-corrected chi connectivity index (χ4v) is 6.76. The molecule has 0 amide bonds. The van der Waals surface area contributed by atoms with Gasteiger partial charge in [0.25, 0.3) is 0 Å². The number of nitrogens with zero attached hydrogens (tertiary/aromatic N) is 1. The summed E-state index contributed by atoms with van der Waals surface area (Å²) >= 11 is 0. The normalized spacial score (nSPS) is 11.5. The fraction of sp³-hybridized carbons (Fsp3) is 0. The summed E-state index contributed by atoms with van der Waals surface area (Å²) in [5.74, 6) is 0. The summed E-state index contributed by atoms with van der Waals surface area (Å²) in [6.07, 6.45) is 0. The van der Waals surface area contributed by atoms with Gasteiger partial charge in [-0.3, -0.25) is 0 Å². The van der Waals surface area contributed by atoms with Crippen LogP contribution in [0.4, 0.5) is 17.1 Å². The monoisotopic (exact) mass is 587 g/mol. The molecule has 9 rings (SSSR count). The second-order valence-corrected chi connectivity index (χ2v) is 11.8. The topological polar surface area (TPSA) is 16.4 Å². The standard InChI is InChI=1S/C44H29NO/c1-2-14-37(15-3-1)45(38-24-22-32(23-25-38)35-20-18-30-10-4-6-12-33(30)28-35)41-27-26-39(36-21-19-31-11-5-7-13-34(31)29-36)43-40-16-8-9-17-42(40)46-44(41)43/h1-29H. The van der Waals surface area contributed by atoms with Crippen molar-refractivity contribution in [1.29, 1.82) is 0 Å². The van der Waals surface area contributed by atoms with Gasteiger partial charge < -0.3 is 9.32 Å². The van der Waals surface area contributed by atoms with Gasteiger partial charge in [-0.2, -0.15) is 0 Å². The molecule has 0 saturated carbocycles. The molecule has 216 valence electrons. The Bertz CT molecular complexity index is 2530. The number of rotatable bonds is 5. The molecule has 0 bridgehead atoms. The van der Waals surface area contributed by atoms with Crippen LogP contribution in [-0.2, 0) is 0 Å². The molecule has 0 spiro atoms. The highest BCUT2D eigenvalue weighted by atomic mass is 16.3. The Morgan fingerprint density at radius 3 is 1.70 bits per heavy atom. The number of hydrogen-bond donors (Lipinski definition) is 0. The van der Waals surface area contributed by atoms with Crippen LogP contribution in [-0.4, -0.2) is 0 Å². The van der Waals surface area contributed by atoms with Crippen molar-refractivity contribution in [3.8, 4) is 22.3 Å². The van der Waals surface area contributed by atoms with Crippen LogP contribution in [0.2, 0.25) is 0 Å². The predicted octanol–water partition coefficient (Wildman–Crippen LogP) is 12.7. The zero-order valence-corrected chi connectivity index (χ0v) is 25.1. The quantitative estimate of drug-likeness (QED) is 0.199. The van der Waals surface area contributed by atoms with E-state index in [0.29, 0.717) is 0 Å². The molecule has 0 saturated heterocycles. The van der Waals surface area contributed by atoms with Gasteiger partial charge in [-0.25, -0.2) is 0 Å². The van der Waals surface area contributed by atoms with Crippen molar-refractivity contribution < 1.29 is 4.42 Å². The van der Waals surface area contributed by atoms with Crippen molar-refractivity contribution in [3.63, 3.8) is 0 Å². The third kappa shape index (κ3) is 4.43. The van der Waals surface area contributed by atoms with E-state index in [0.717, 1.165) is 44.6 Å². The molecule has 0 aliphatic rings. The van der Waals surface area contributed by atoms with Crippen LogP contribution in [0.25, 0.3) is 65.7 Å². The Balaban J connectivity index is 1.23. The summed E-state index contributed by atoms with van der Waals surface area (Å²) < 4.78 is 6.75. The minimum atomic E-state index is 0.870. The molecule has 1 heterocycles. The maximum absolute atomic E-state index is 6.75. The van der Waals surface area contributed by atoms with Gasteiger partial charge >= 0.3 is 0 Å². The number of benzene rings is 8. The zero-order valence-electron chi connectivity index (χ0n) is 25.1. The van der Waals surface area contributed by atoms with Crippen molar-refractivity contribution in [2.24, 2.45) is 0 Å². The highest BCUT2D eigenvalue weighted by Gasteiger charge is 2.22. The van der Waals surface area contributed by atoms with Crippen molar-refractivity contribution in [2.45, 2.75) is 0 Å².